The van der Waals surface area contributed by atoms with Gasteiger partial charge in [0.2, 0.25) is 5.91 Å². The van der Waals surface area contributed by atoms with Gasteiger partial charge in [0.1, 0.15) is 11.9 Å². The Labute approximate surface area is 146 Å². The molecule has 1 atom stereocenters. The second kappa shape index (κ2) is 7.93. The van der Waals surface area contributed by atoms with Gasteiger partial charge in [-0.05, 0) is 36.6 Å². The molecule has 2 N–H and O–H groups in total. The Morgan fingerprint density at radius 2 is 1.83 bits per heavy atom. The fourth-order valence-corrected chi connectivity index (χ4v) is 2.37. The fraction of sp³-hybridized carbons (Fsp3) is 0.278. The number of carbonyl (C=O) groups is 2. The third-order valence-corrected chi connectivity index (χ3v) is 3.85. The molecular formula is C18H20ClN3O2. The summed E-state index contributed by atoms with van der Waals surface area (Å²) in [5, 5.41) is 5.81. The molecule has 0 spiro atoms. The van der Waals surface area contributed by atoms with Gasteiger partial charge in [0.25, 0.3) is 5.91 Å². The van der Waals surface area contributed by atoms with Crippen LogP contribution in [0.25, 0.3) is 0 Å². The Morgan fingerprint density at radius 1 is 1.12 bits per heavy atom. The maximum Gasteiger partial charge on any atom is 0.253 e. The minimum Gasteiger partial charge on any atom is -0.340 e. The molecule has 24 heavy (non-hydrogen) atoms. The van der Waals surface area contributed by atoms with E-state index in [0.29, 0.717) is 16.4 Å². The molecule has 1 aromatic heterocycles. The lowest BCUT2D eigenvalue weighted by Gasteiger charge is -2.21. The number of amides is 2. The predicted octanol–water partition coefficient (Wildman–Crippen LogP) is 3.44. The molecule has 0 aliphatic rings. The first kappa shape index (κ1) is 17.9. The summed E-state index contributed by atoms with van der Waals surface area (Å²) in [7, 11) is 0. The van der Waals surface area contributed by atoms with E-state index in [-0.39, 0.29) is 17.7 Å². The standard InChI is InChI=1S/C18H20ClN3O2/c1-11(2)16(18(24)21-15-9-8-12(3)10-20-15)22-17(23)13-6-4-5-7-14(13)19/h4-11,16H,1-3H3,(H,22,23)(H,20,21,24). The van der Waals surface area contributed by atoms with Crippen LogP contribution in [-0.2, 0) is 4.79 Å². The zero-order chi connectivity index (χ0) is 17.7. The van der Waals surface area contributed by atoms with E-state index in [1.54, 1.807) is 36.5 Å². The first-order valence-electron chi connectivity index (χ1n) is 7.67. The molecule has 0 saturated carbocycles. The largest absolute Gasteiger partial charge is 0.340 e. The van der Waals surface area contributed by atoms with Gasteiger partial charge in [-0.3, -0.25) is 9.59 Å². The van der Waals surface area contributed by atoms with E-state index in [1.165, 1.54) is 0 Å². The van der Waals surface area contributed by atoms with Gasteiger partial charge < -0.3 is 10.6 Å². The topological polar surface area (TPSA) is 71.1 Å². The van der Waals surface area contributed by atoms with Crippen LogP contribution in [0.5, 0.6) is 0 Å². The first-order valence-corrected chi connectivity index (χ1v) is 8.05. The summed E-state index contributed by atoms with van der Waals surface area (Å²) in [6.07, 6.45) is 1.67. The SMILES string of the molecule is Cc1ccc(NC(=O)C(NC(=O)c2ccccc2Cl)C(C)C)nc1. The highest BCUT2D eigenvalue weighted by atomic mass is 35.5. The number of hydrogen-bond donors (Lipinski definition) is 2. The minimum absolute atomic E-state index is 0.0955. The molecule has 5 nitrogen and oxygen atoms in total. The van der Waals surface area contributed by atoms with E-state index < -0.39 is 6.04 Å². The van der Waals surface area contributed by atoms with Gasteiger partial charge in [-0.2, -0.15) is 0 Å². The minimum atomic E-state index is -0.697. The van der Waals surface area contributed by atoms with Crippen LogP contribution < -0.4 is 10.6 Å². The van der Waals surface area contributed by atoms with E-state index in [9.17, 15) is 9.59 Å². The summed E-state index contributed by atoms with van der Waals surface area (Å²) >= 11 is 6.03. The lowest BCUT2D eigenvalue weighted by Crippen LogP contribution is -2.47. The third-order valence-electron chi connectivity index (χ3n) is 3.52. The van der Waals surface area contributed by atoms with Crippen molar-refractivity contribution in [2.24, 2.45) is 5.92 Å². The van der Waals surface area contributed by atoms with E-state index in [4.69, 9.17) is 11.6 Å². The summed E-state index contributed by atoms with van der Waals surface area (Å²) in [4.78, 5) is 29.0. The van der Waals surface area contributed by atoms with Crippen LogP contribution in [0.1, 0.15) is 29.8 Å². The van der Waals surface area contributed by atoms with E-state index in [2.05, 4.69) is 15.6 Å². The molecule has 6 heteroatoms. The average Bonchev–Trinajstić information content (AvgIpc) is 2.54. The Balaban J connectivity index is 2.11. The van der Waals surface area contributed by atoms with Crippen LogP contribution in [-0.4, -0.2) is 22.8 Å². The molecule has 2 aromatic rings. The smallest absolute Gasteiger partial charge is 0.253 e. The van der Waals surface area contributed by atoms with E-state index >= 15 is 0 Å². The molecule has 2 amide bonds. The third kappa shape index (κ3) is 4.55. The molecule has 2 rings (SSSR count). The number of nitrogens with zero attached hydrogens (tertiary/aromatic N) is 1. The number of halogens is 1. The van der Waals surface area contributed by atoms with E-state index in [0.717, 1.165) is 5.56 Å². The summed E-state index contributed by atoms with van der Waals surface area (Å²) in [6.45, 7) is 5.64. The van der Waals surface area contributed by atoms with Gasteiger partial charge in [-0.25, -0.2) is 4.98 Å². The van der Waals surface area contributed by atoms with Crippen molar-refractivity contribution in [1.82, 2.24) is 10.3 Å². The maximum absolute atomic E-state index is 12.5. The van der Waals surface area contributed by atoms with Crippen LogP contribution >= 0.6 is 11.6 Å². The van der Waals surface area contributed by atoms with Crippen molar-refractivity contribution in [3.05, 3.63) is 58.7 Å². The van der Waals surface area contributed by atoms with Gasteiger partial charge in [0.15, 0.2) is 0 Å². The van der Waals surface area contributed by atoms with Gasteiger partial charge in [0.05, 0.1) is 10.6 Å². The van der Waals surface area contributed by atoms with Crippen molar-refractivity contribution in [2.45, 2.75) is 26.8 Å². The number of benzene rings is 1. The average molecular weight is 346 g/mol. The normalized spacial score (nSPS) is 11.9. The maximum atomic E-state index is 12.5. The summed E-state index contributed by atoms with van der Waals surface area (Å²) in [5.41, 5.74) is 1.34. The molecule has 0 bridgehead atoms. The van der Waals surface area contributed by atoms with Crippen molar-refractivity contribution >= 4 is 29.2 Å². The van der Waals surface area contributed by atoms with Crippen molar-refractivity contribution < 1.29 is 9.59 Å². The summed E-state index contributed by atoms with van der Waals surface area (Å²) in [5.74, 6) is -0.349. The Kier molecular flexibility index (Phi) is 5.93. The number of carbonyl (C=O) groups excluding carboxylic acids is 2. The zero-order valence-corrected chi connectivity index (χ0v) is 14.6. The monoisotopic (exact) mass is 345 g/mol. The molecule has 0 fully saturated rings. The number of rotatable bonds is 5. The molecule has 126 valence electrons. The second-order valence-electron chi connectivity index (χ2n) is 5.89. The van der Waals surface area contributed by atoms with Crippen LogP contribution in [0.3, 0.4) is 0 Å². The lowest BCUT2D eigenvalue weighted by molar-refractivity contribution is -0.118. The Bertz CT molecular complexity index is 729. The molecule has 1 heterocycles. The first-order chi connectivity index (χ1) is 11.4. The van der Waals surface area contributed by atoms with E-state index in [1.807, 2.05) is 26.8 Å². The molecule has 0 radical (unpaired) electrons. The number of pyridine rings is 1. The second-order valence-corrected chi connectivity index (χ2v) is 6.29. The summed E-state index contributed by atoms with van der Waals surface area (Å²) < 4.78 is 0. The quantitative estimate of drug-likeness (QED) is 0.872. The van der Waals surface area contributed by atoms with Crippen molar-refractivity contribution in [1.29, 1.82) is 0 Å². The number of aromatic nitrogens is 1. The number of aryl methyl sites for hydroxylation is 1. The molecule has 0 aliphatic carbocycles. The highest BCUT2D eigenvalue weighted by molar-refractivity contribution is 6.33. The zero-order valence-electron chi connectivity index (χ0n) is 13.8. The van der Waals surface area contributed by atoms with Gasteiger partial charge in [-0.15, -0.1) is 0 Å². The van der Waals surface area contributed by atoms with Gasteiger partial charge in [-0.1, -0.05) is 43.6 Å². The highest BCUT2D eigenvalue weighted by Crippen LogP contribution is 2.16. The number of nitrogens with one attached hydrogen (secondary N) is 2. The molecule has 0 aliphatic heterocycles. The van der Waals surface area contributed by atoms with Crippen LogP contribution in [0.15, 0.2) is 42.6 Å². The fourth-order valence-electron chi connectivity index (χ4n) is 2.15. The predicted molar refractivity (Wildman–Crippen MR) is 95.1 cm³/mol. The summed E-state index contributed by atoms with van der Waals surface area (Å²) in [6, 6.07) is 9.61. The number of anilines is 1. The number of hydrogen-bond acceptors (Lipinski definition) is 3. The van der Waals surface area contributed by atoms with Crippen LogP contribution in [0.4, 0.5) is 5.82 Å². The molecular weight excluding hydrogens is 326 g/mol. The van der Waals surface area contributed by atoms with Crippen LogP contribution in [0.2, 0.25) is 5.02 Å². The Hall–Kier alpha value is -2.40. The Morgan fingerprint density at radius 3 is 2.42 bits per heavy atom. The lowest BCUT2D eigenvalue weighted by atomic mass is 10.0. The van der Waals surface area contributed by atoms with Gasteiger partial charge >= 0.3 is 0 Å². The molecule has 1 aromatic carbocycles. The molecule has 1 unspecified atom stereocenters. The van der Waals surface area contributed by atoms with Crippen molar-refractivity contribution in [3.8, 4) is 0 Å². The van der Waals surface area contributed by atoms with Gasteiger partial charge in [0, 0.05) is 6.20 Å². The van der Waals surface area contributed by atoms with Crippen molar-refractivity contribution in [3.63, 3.8) is 0 Å². The van der Waals surface area contributed by atoms with Crippen molar-refractivity contribution in [2.75, 3.05) is 5.32 Å². The molecule has 0 saturated heterocycles. The van der Waals surface area contributed by atoms with Crippen LogP contribution in [0, 0.1) is 12.8 Å². The highest BCUT2D eigenvalue weighted by Gasteiger charge is 2.25.